The normalized spacial score (nSPS) is 11.6. The highest BCUT2D eigenvalue weighted by Gasteiger charge is 2.24. The molecule has 10 aromatic rings. The predicted octanol–water partition coefficient (Wildman–Crippen LogP) is 12.0. The first-order valence-corrected chi connectivity index (χ1v) is 16.6. The van der Waals surface area contributed by atoms with Gasteiger partial charge in [-0.15, -0.1) is 0 Å². The molecule has 0 radical (unpaired) electrons. The molecule has 0 fully saturated rings. The number of fused-ring (bicyclic) bond motifs is 6. The molecule has 7 aromatic carbocycles. The Bertz CT molecular complexity index is 2810. The Hall–Kier alpha value is -6.85. The van der Waals surface area contributed by atoms with Crippen LogP contribution in [0.5, 0.6) is 0 Å². The van der Waals surface area contributed by atoms with Crippen LogP contribution in [0, 0.1) is 0 Å². The van der Waals surface area contributed by atoms with E-state index in [4.69, 9.17) is 23.8 Å². The van der Waals surface area contributed by atoms with Crippen molar-refractivity contribution in [2.24, 2.45) is 0 Å². The third-order valence-corrected chi connectivity index (χ3v) is 9.37. The van der Waals surface area contributed by atoms with E-state index >= 15 is 0 Å². The Morgan fingerprint density at radius 1 is 0.320 bits per heavy atom. The Kier molecular flexibility index (Phi) is 6.42. The molecule has 0 amide bonds. The minimum absolute atomic E-state index is 0.576. The van der Waals surface area contributed by atoms with E-state index < -0.39 is 0 Å². The van der Waals surface area contributed by atoms with Crippen LogP contribution in [0.15, 0.2) is 173 Å². The van der Waals surface area contributed by atoms with Crippen molar-refractivity contribution in [3.05, 3.63) is 164 Å². The van der Waals surface area contributed by atoms with E-state index in [0.717, 1.165) is 82.8 Å². The highest BCUT2D eigenvalue weighted by Crippen LogP contribution is 2.47. The molecule has 0 aliphatic rings. The first-order valence-electron chi connectivity index (χ1n) is 16.6. The largest absolute Gasteiger partial charge is 0.456 e. The number of nitrogens with zero attached hydrogens (tertiary/aromatic N) is 3. The first kappa shape index (κ1) is 28.2. The van der Waals surface area contributed by atoms with Crippen molar-refractivity contribution in [2.75, 3.05) is 0 Å². The fourth-order valence-electron chi connectivity index (χ4n) is 7.13. The van der Waals surface area contributed by atoms with Crippen LogP contribution in [0.3, 0.4) is 0 Å². The van der Waals surface area contributed by atoms with E-state index in [1.165, 1.54) is 0 Å². The standard InChI is InChI=1S/C45H27N3O2/c1-3-14-28(15-4-1)43-46-44(29-16-5-2-6-17-29)48-45(47-43)36-24-11-20-31(32-21-13-27-39-41(32)34-19-8-10-26-38(34)49-39)40(36)35-23-12-22-33-30-18-7-9-25-37(30)50-42(33)35/h1-27H. The van der Waals surface area contributed by atoms with Crippen molar-refractivity contribution >= 4 is 43.9 Å². The molecule has 5 nitrogen and oxygen atoms in total. The molecule has 50 heavy (non-hydrogen) atoms. The lowest BCUT2D eigenvalue weighted by Crippen LogP contribution is -2.02. The van der Waals surface area contributed by atoms with Gasteiger partial charge in [-0.2, -0.15) is 0 Å². The molecule has 10 rings (SSSR count). The van der Waals surface area contributed by atoms with Crippen molar-refractivity contribution in [3.8, 4) is 56.4 Å². The van der Waals surface area contributed by atoms with E-state index in [0.29, 0.717) is 17.5 Å². The van der Waals surface area contributed by atoms with Crippen LogP contribution in [0.2, 0.25) is 0 Å². The fourth-order valence-corrected chi connectivity index (χ4v) is 7.13. The Balaban J connectivity index is 1.33. The summed E-state index contributed by atoms with van der Waals surface area (Å²) in [6, 6.07) is 55.5. The van der Waals surface area contributed by atoms with E-state index in [1.54, 1.807) is 0 Å². The van der Waals surface area contributed by atoms with Gasteiger partial charge in [-0.1, -0.05) is 146 Å². The smallest absolute Gasteiger partial charge is 0.164 e. The molecule has 0 atom stereocenters. The van der Waals surface area contributed by atoms with Crippen LogP contribution in [-0.4, -0.2) is 15.0 Å². The summed E-state index contributed by atoms with van der Waals surface area (Å²) in [4.78, 5) is 15.3. The third kappa shape index (κ3) is 4.52. The van der Waals surface area contributed by atoms with E-state index in [2.05, 4.69) is 72.8 Å². The molecule has 3 heterocycles. The van der Waals surface area contributed by atoms with Gasteiger partial charge in [0, 0.05) is 49.4 Å². The van der Waals surface area contributed by atoms with Crippen LogP contribution in [-0.2, 0) is 0 Å². The van der Waals surface area contributed by atoms with Crippen molar-refractivity contribution in [1.29, 1.82) is 0 Å². The highest BCUT2D eigenvalue weighted by atomic mass is 16.3. The summed E-state index contributed by atoms with van der Waals surface area (Å²) < 4.78 is 13.0. The van der Waals surface area contributed by atoms with Gasteiger partial charge in [0.05, 0.1) is 0 Å². The van der Waals surface area contributed by atoms with Gasteiger partial charge in [-0.3, -0.25) is 0 Å². The summed E-state index contributed by atoms with van der Waals surface area (Å²) in [5, 5.41) is 4.25. The molecule has 5 heteroatoms. The SMILES string of the molecule is c1ccc(-c2nc(-c3ccccc3)nc(-c3cccc(-c4cccc5oc6ccccc6c45)c3-c3cccc4c3oc3ccccc34)n2)cc1. The molecular formula is C45H27N3O2. The zero-order chi connectivity index (χ0) is 33.0. The number of furan rings is 2. The average molecular weight is 642 g/mol. The lowest BCUT2D eigenvalue weighted by atomic mass is 9.87. The lowest BCUT2D eigenvalue weighted by Gasteiger charge is -2.17. The maximum Gasteiger partial charge on any atom is 0.164 e. The van der Waals surface area contributed by atoms with E-state index in [-0.39, 0.29) is 0 Å². The number of rotatable bonds is 5. The number of hydrogen-bond acceptors (Lipinski definition) is 5. The maximum absolute atomic E-state index is 6.68. The summed E-state index contributed by atoms with van der Waals surface area (Å²) in [5.74, 6) is 1.79. The second-order valence-electron chi connectivity index (χ2n) is 12.3. The topological polar surface area (TPSA) is 65.0 Å². The second-order valence-corrected chi connectivity index (χ2v) is 12.3. The molecule has 0 saturated carbocycles. The summed E-state index contributed by atoms with van der Waals surface area (Å²) in [7, 11) is 0. The van der Waals surface area contributed by atoms with Gasteiger partial charge < -0.3 is 8.83 Å². The van der Waals surface area contributed by atoms with Crippen LogP contribution >= 0.6 is 0 Å². The minimum atomic E-state index is 0.576. The molecular weight excluding hydrogens is 615 g/mol. The van der Waals surface area contributed by atoms with Gasteiger partial charge in [0.1, 0.15) is 22.3 Å². The van der Waals surface area contributed by atoms with Gasteiger partial charge in [-0.05, 0) is 29.3 Å². The summed E-state index contributed by atoms with van der Waals surface area (Å²) >= 11 is 0. The molecule has 3 aromatic heterocycles. The molecule has 0 aliphatic heterocycles. The zero-order valence-electron chi connectivity index (χ0n) is 26.7. The van der Waals surface area contributed by atoms with Crippen LogP contribution < -0.4 is 0 Å². The van der Waals surface area contributed by atoms with Crippen molar-refractivity contribution in [2.45, 2.75) is 0 Å². The van der Waals surface area contributed by atoms with Crippen LogP contribution in [0.1, 0.15) is 0 Å². The van der Waals surface area contributed by atoms with E-state index in [9.17, 15) is 0 Å². The van der Waals surface area contributed by atoms with Gasteiger partial charge >= 0.3 is 0 Å². The molecule has 0 N–H and O–H groups in total. The third-order valence-electron chi connectivity index (χ3n) is 9.37. The quantitative estimate of drug-likeness (QED) is 0.187. The summed E-state index contributed by atoms with van der Waals surface area (Å²) in [5.41, 5.74) is 10.0. The number of aromatic nitrogens is 3. The molecule has 234 valence electrons. The number of benzene rings is 7. The Labute approximate surface area is 287 Å². The van der Waals surface area contributed by atoms with E-state index in [1.807, 2.05) is 91.0 Å². The molecule has 0 unspecified atom stereocenters. The molecule has 0 bridgehead atoms. The monoisotopic (exact) mass is 641 g/mol. The van der Waals surface area contributed by atoms with Crippen molar-refractivity contribution in [1.82, 2.24) is 15.0 Å². The number of para-hydroxylation sites is 3. The molecule has 0 aliphatic carbocycles. The zero-order valence-corrected chi connectivity index (χ0v) is 26.7. The van der Waals surface area contributed by atoms with Crippen molar-refractivity contribution in [3.63, 3.8) is 0 Å². The van der Waals surface area contributed by atoms with Crippen molar-refractivity contribution < 1.29 is 8.83 Å². The second kappa shape index (κ2) is 11.4. The summed E-state index contributed by atoms with van der Waals surface area (Å²) in [6.07, 6.45) is 0. The van der Waals surface area contributed by atoms with Gasteiger partial charge in [0.15, 0.2) is 17.5 Å². The average Bonchev–Trinajstić information content (AvgIpc) is 3.77. The Morgan fingerprint density at radius 3 is 1.56 bits per heavy atom. The highest BCUT2D eigenvalue weighted by molar-refractivity contribution is 6.17. The van der Waals surface area contributed by atoms with Gasteiger partial charge in [-0.25, -0.2) is 15.0 Å². The fraction of sp³-hybridized carbons (Fsp3) is 0. The molecule has 0 spiro atoms. The minimum Gasteiger partial charge on any atom is -0.456 e. The lowest BCUT2D eigenvalue weighted by molar-refractivity contribution is 0.669. The van der Waals surface area contributed by atoms with Gasteiger partial charge in [0.25, 0.3) is 0 Å². The first-order chi connectivity index (χ1) is 24.8. The van der Waals surface area contributed by atoms with Crippen LogP contribution in [0.25, 0.3) is 100 Å². The van der Waals surface area contributed by atoms with Crippen LogP contribution in [0.4, 0.5) is 0 Å². The predicted molar refractivity (Wildman–Crippen MR) is 202 cm³/mol. The number of hydrogen-bond donors (Lipinski definition) is 0. The van der Waals surface area contributed by atoms with Gasteiger partial charge in [0.2, 0.25) is 0 Å². The molecule has 0 saturated heterocycles. The maximum atomic E-state index is 6.68. The summed E-state index contributed by atoms with van der Waals surface area (Å²) in [6.45, 7) is 0. The Morgan fingerprint density at radius 2 is 0.820 bits per heavy atom.